The second kappa shape index (κ2) is 8.63. The molecule has 132 valence electrons. The van der Waals surface area contributed by atoms with E-state index in [2.05, 4.69) is 29.3 Å². The summed E-state index contributed by atoms with van der Waals surface area (Å²) in [4.78, 5) is 14.5. The van der Waals surface area contributed by atoms with E-state index in [0.29, 0.717) is 6.04 Å². The lowest BCUT2D eigenvalue weighted by molar-refractivity contribution is -0.122. The maximum absolute atomic E-state index is 12.0. The molecule has 1 aromatic rings. The number of carbonyl (C=O) groups excluding carboxylic acids is 1. The Balaban J connectivity index is 1.44. The van der Waals surface area contributed by atoms with E-state index in [9.17, 15) is 4.79 Å². The van der Waals surface area contributed by atoms with Crippen molar-refractivity contribution in [1.29, 1.82) is 0 Å². The van der Waals surface area contributed by atoms with E-state index in [4.69, 9.17) is 4.74 Å². The summed E-state index contributed by atoms with van der Waals surface area (Å²) >= 11 is 0. The average molecular weight is 330 g/mol. The summed E-state index contributed by atoms with van der Waals surface area (Å²) in [5.41, 5.74) is 2.16. The van der Waals surface area contributed by atoms with E-state index < -0.39 is 0 Å². The molecule has 1 saturated heterocycles. The van der Waals surface area contributed by atoms with Crippen LogP contribution in [0.25, 0.3) is 0 Å². The molecule has 1 aromatic carbocycles. The van der Waals surface area contributed by atoms with E-state index in [1.54, 1.807) is 0 Å². The summed E-state index contributed by atoms with van der Waals surface area (Å²) < 4.78 is 5.65. The number of piperidine rings is 1. The summed E-state index contributed by atoms with van der Waals surface area (Å²) in [5, 5.41) is 2.93. The highest BCUT2D eigenvalue weighted by Gasteiger charge is 2.18. The van der Waals surface area contributed by atoms with Crippen LogP contribution in [0.5, 0.6) is 0 Å². The van der Waals surface area contributed by atoms with Crippen LogP contribution in [-0.2, 0) is 16.1 Å². The fourth-order valence-corrected chi connectivity index (χ4v) is 3.77. The first-order chi connectivity index (χ1) is 11.7. The molecule has 0 bridgehead atoms. The molecular formula is C20H30N2O2. The number of hydrogen-bond acceptors (Lipinski definition) is 3. The van der Waals surface area contributed by atoms with Gasteiger partial charge in [0.2, 0.25) is 5.91 Å². The highest BCUT2D eigenvalue weighted by molar-refractivity contribution is 5.91. The molecule has 4 nitrogen and oxygen atoms in total. The first-order valence-corrected chi connectivity index (χ1v) is 9.45. The van der Waals surface area contributed by atoms with Crippen molar-refractivity contribution in [3.05, 3.63) is 29.8 Å². The summed E-state index contributed by atoms with van der Waals surface area (Å²) in [6, 6.07) is 8.91. The van der Waals surface area contributed by atoms with Crippen LogP contribution >= 0.6 is 0 Å². The lowest BCUT2D eigenvalue weighted by Gasteiger charge is -2.33. The van der Waals surface area contributed by atoms with Gasteiger partial charge in [-0.1, -0.05) is 31.4 Å². The molecule has 1 atom stereocenters. The fraction of sp³-hybridized carbons (Fsp3) is 0.650. The number of nitrogens with one attached hydrogen (secondary N) is 1. The summed E-state index contributed by atoms with van der Waals surface area (Å²) in [6.07, 6.45) is 8.88. The van der Waals surface area contributed by atoms with Gasteiger partial charge in [-0.3, -0.25) is 9.69 Å². The largest absolute Gasteiger partial charge is 0.368 e. The number of ether oxygens (including phenoxy) is 1. The molecule has 0 radical (unpaired) electrons. The molecule has 24 heavy (non-hydrogen) atoms. The van der Waals surface area contributed by atoms with Gasteiger partial charge in [0.25, 0.3) is 0 Å². The third-order valence-corrected chi connectivity index (χ3v) is 5.32. The van der Waals surface area contributed by atoms with Gasteiger partial charge in [-0.25, -0.2) is 0 Å². The molecule has 1 heterocycles. The quantitative estimate of drug-likeness (QED) is 0.858. The maximum Gasteiger partial charge on any atom is 0.250 e. The number of benzene rings is 1. The lowest BCUT2D eigenvalue weighted by atomic mass is 10.0. The van der Waals surface area contributed by atoms with Crippen molar-refractivity contribution in [3.8, 4) is 0 Å². The third-order valence-electron chi connectivity index (χ3n) is 5.32. The molecule has 1 aliphatic heterocycles. The van der Waals surface area contributed by atoms with Crippen molar-refractivity contribution in [1.82, 2.24) is 4.90 Å². The minimum Gasteiger partial charge on any atom is -0.368 e. The minimum atomic E-state index is -0.0562. The van der Waals surface area contributed by atoms with Crippen molar-refractivity contribution in [2.45, 2.75) is 70.6 Å². The molecule has 0 unspecified atom stereocenters. The molecule has 0 spiro atoms. The monoisotopic (exact) mass is 330 g/mol. The van der Waals surface area contributed by atoms with E-state index in [-0.39, 0.29) is 18.6 Å². The van der Waals surface area contributed by atoms with Crippen LogP contribution in [0.2, 0.25) is 0 Å². The molecule has 0 aromatic heterocycles. The molecule has 1 amide bonds. The van der Waals surface area contributed by atoms with Crippen LogP contribution in [0.4, 0.5) is 5.69 Å². The fourth-order valence-electron chi connectivity index (χ4n) is 3.77. The van der Waals surface area contributed by atoms with Crippen molar-refractivity contribution < 1.29 is 9.53 Å². The van der Waals surface area contributed by atoms with E-state index in [0.717, 1.165) is 25.1 Å². The van der Waals surface area contributed by atoms with Gasteiger partial charge < -0.3 is 10.1 Å². The Hall–Kier alpha value is -1.39. The van der Waals surface area contributed by atoms with Crippen LogP contribution < -0.4 is 5.32 Å². The summed E-state index contributed by atoms with van der Waals surface area (Å²) in [5.74, 6) is -0.0562. The Kier molecular flexibility index (Phi) is 6.27. The number of anilines is 1. The second-order valence-corrected chi connectivity index (χ2v) is 7.28. The van der Waals surface area contributed by atoms with Gasteiger partial charge in [0, 0.05) is 18.3 Å². The second-order valence-electron chi connectivity index (χ2n) is 7.28. The number of rotatable bonds is 6. The molecule has 2 fully saturated rings. The number of hydrogen-bond donors (Lipinski definition) is 1. The predicted octanol–water partition coefficient (Wildman–Crippen LogP) is 3.96. The number of amides is 1. The lowest BCUT2D eigenvalue weighted by Crippen LogP contribution is -2.36. The number of likely N-dealkylation sites (tertiary alicyclic amines) is 1. The van der Waals surface area contributed by atoms with E-state index in [1.165, 1.54) is 44.2 Å². The zero-order valence-electron chi connectivity index (χ0n) is 14.8. The Bertz CT molecular complexity index is 523. The normalized spacial score (nSPS) is 22.6. The van der Waals surface area contributed by atoms with Crippen molar-refractivity contribution in [2.24, 2.45) is 0 Å². The zero-order chi connectivity index (χ0) is 16.8. The Morgan fingerprint density at radius 1 is 1.12 bits per heavy atom. The highest BCUT2D eigenvalue weighted by Crippen LogP contribution is 2.21. The van der Waals surface area contributed by atoms with Gasteiger partial charge in [0.15, 0.2) is 0 Å². The van der Waals surface area contributed by atoms with Crippen LogP contribution in [0.1, 0.15) is 57.4 Å². The molecule has 3 rings (SSSR count). The van der Waals surface area contributed by atoms with Crippen molar-refractivity contribution in [3.63, 3.8) is 0 Å². The number of carbonyl (C=O) groups is 1. The Morgan fingerprint density at radius 2 is 1.83 bits per heavy atom. The smallest absolute Gasteiger partial charge is 0.250 e. The van der Waals surface area contributed by atoms with Gasteiger partial charge in [0.1, 0.15) is 6.61 Å². The topological polar surface area (TPSA) is 41.6 Å². The standard InChI is InChI=1S/C20H30N2O2/c1-16-6-4-5-13-22(16)14-17-9-11-18(12-10-17)21-20(23)15-24-19-7-2-3-8-19/h9-12,16,19H,2-8,13-15H2,1H3,(H,21,23)/t16-/m1/s1. The SMILES string of the molecule is C[C@@H]1CCCCN1Cc1ccc(NC(=O)COC2CCCC2)cc1. The summed E-state index contributed by atoms with van der Waals surface area (Å²) in [7, 11) is 0. The minimum absolute atomic E-state index is 0.0562. The predicted molar refractivity (Wildman–Crippen MR) is 97.0 cm³/mol. The van der Waals surface area contributed by atoms with Gasteiger partial charge in [-0.2, -0.15) is 0 Å². The van der Waals surface area contributed by atoms with Crippen LogP contribution in [0.3, 0.4) is 0 Å². The molecule has 2 aliphatic rings. The van der Waals surface area contributed by atoms with E-state index in [1.807, 2.05) is 12.1 Å². The molecule has 1 saturated carbocycles. The van der Waals surface area contributed by atoms with Crippen LogP contribution in [-0.4, -0.2) is 36.1 Å². The van der Waals surface area contributed by atoms with Crippen LogP contribution in [0.15, 0.2) is 24.3 Å². The molecular weight excluding hydrogens is 300 g/mol. The van der Waals surface area contributed by atoms with Gasteiger partial charge in [-0.15, -0.1) is 0 Å². The highest BCUT2D eigenvalue weighted by atomic mass is 16.5. The summed E-state index contributed by atoms with van der Waals surface area (Å²) in [6.45, 7) is 4.67. The van der Waals surface area contributed by atoms with Crippen molar-refractivity contribution in [2.75, 3.05) is 18.5 Å². The van der Waals surface area contributed by atoms with Gasteiger partial charge >= 0.3 is 0 Å². The first-order valence-electron chi connectivity index (χ1n) is 9.45. The Morgan fingerprint density at radius 3 is 2.54 bits per heavy atom. The Labute approximate surface area is 145 Å². The van der Waals surface area contributed by atoms with Gasteiger partial charge in [-0.05, 0) is 56.8 Å². The number of nitrogens with zero attached hydrogens (tertiary/aromatic N) is 1. The molecule has 1 aliphatic carbocycles. The van der Waals surface area contributed by atoms with Crippen molar-refractivity contribution >= 4 is 11.6 Å². The molecule has 1 N–H and O–H groups in total. The molecule has 4 heteroatoms. The third kappa shape index (κ3) is 5.05. The van der Waals surface area contributed by atoms with Gasteiger partial charge in [0.05, 0.1) is 6.10 Å². The average Bonchev–Trinajstić information content (AvgIpc) is 3.10. The van der Waals surface area contributed by atoms with E-state index >= 15 is 0 Å². The first kappa shape index (κ1) is 17.4. The maximum atomic E-state index is 12.0. The zero-order valence-corrected chi connectivity index (χ0v) is 14.8. The van der Waals surface area contributed by atoms with Crippen LogP contribution in [0, 0.1) is 0 Å².